The summed E-state index contributed by atoms with van der Waals surface area (Å²) in [6.07, 6.45) is -3.26. The average molecular weight is 298 g/mol. The van der Waals surface area contributed by atoms with Crippen LogP contribution < -0.4 is 11.1 Å². The van der Waals surface area contributed by atoms with Crippen LogP contribution in [0.4, 0.5) is 13.2 Å². The molecule has 0 aliphatic heterocycles. The highest BCUT2D eigenvalue weighted by atomic mass is 19.4. The number of carbonyl (C=O) groups is 2. The fourth-order valence-electron chi connectivity index (χ4n) is 1.58. The van der Waals surface area contributed by atoms with E-state index in [9.17, 15) is 22.8 Å². The van der Waals surface area contributed by atoms with Crippen molar-refractivity contribution < 1.29 is 27.9 Å². The van der Waals surface area contributed by atoms with Gasteiger partial charge in [0.1, 0.15) is 0 Å². The first-order chi connectivity index (χ1) is 9.02. The van der Waals surface area contributed by atoms with Gasteiger partial charge in [-0.1, -0.05) is 13.3 Å². The van der Waals surface area contributed by atoms with Crippen molar-refractivity contribution >= 4 is 11.9 Å². The van der Waals surface area contributed by atoms with Crippen molar-refractivity contribution in [1.29, 1.82) is 0 Å². The van der Waals surface area contributed by atoms with Crippen molar-refractivity contribution in [3.63, 3.8) is 0 Å². The summed E-state index contributed by atoms with van der Waals surface area (Å²) in [5.74, 6) is -2.15. The molecule has 0 spiro atoms. The summed E-state index contributed by atoms with van der Waals surface area (Å²) in [5.41, 5.74) is 2.05. The third-order valence-electron chi connectivity index (χ3n) is 3.24. The van der Waals surface area contributed by atoms with Crippen LogP contribution >= 0.6 is 0 Å². The van der Waals surface area contributed by atoms with Crippen molar-refractivity contribution in [2.24, 2.45) is 11.7 Å². The van der Waals surface area contributed by atoms with E-state index in [0.29, 0.717) is 26.2 Å². The zero-order valence-electron chi connectivity index (χ0n) is 11.6. The molecule has 1 amide bonds. The molecule has 0 fully saturated rings. The molecule has 0 aliphatic carbocycles. The van der Waals surface area contributed by atoms with E-state index in [1.54, 1.807) is 0 Å². The minimum absolute atomic E-state index is 0.00358. The van der Waals surface area contributed by atoms with Crippen LogP contribution in [-0.2, 0) is 9.59 Å². The maximum Gasteiger partial charge on any atom is 0.415 e. The summed E-state index contributed by atoms with van der Waals surface area (Å²) in [4.78, 5) is 21.8. The molecular formula is C12H21F3N2O3. The van der Waals surface area contributed by atoms with Gasteiger partial charge in [-0.15, -0.1) is 0 Å². The largest absolute Gasteiger partial charge is 0.481 e. The average Bonchev–Trinajstić information content (AvgIpc) is 2.31. The summed E-state index contributed by atoms with van der Waals surface area (Å²) in [5, 5.41) is 10.7. The van der Waals surface area contributed by atoms with Crippen LogP contribution in [0.5, 0.6) is 0 Å². The predicted molar refractivity (Wildman–Crippen MR) is 66.9 cm³/mol. The van der Waals surface area contributed by atoms with Gasteiger partial charge in [0.05, 0.1) is 0 Å². The molecule has 20 heavy (non-hydrogen) atoms. The van der Waals surface area contributed by atoms with Crippen molar-refractivity contribution in [2.75, 3.05) is 6.54 Å². The van der Waals surface area contributed by atoms with Crippen LogP contribution in [0.15, 0.2) is 0 Å². The van der Waals surface area contributed by atoms with E-state index in [4.69, 9.17) is 10.8 Å². The number of hydrogen-bond acceptors (Lipinski definition) is 3. The van der Waals surface area contributed by atoms with Crippen LogP contribution in [0.25, 0.3) is 0 Å². The minimum Gasteiger partial charge on any atom is -0.481 e. The smallest absolute Gasteiger partial charge is 0.415 e. The number of rotatable bonds is 8. The number of halogens is 3. The number of carboxylic acid groups (broad SMARTS) is 1. The molecule has 118 valence electrons. The Balaban J connectivity index is 4.22. The first-order valence-corrected chi connectivity index (χ1v) is 6.38. The molecular weight excluding hydrogens is 277 g/mol. The zero-order valence-corrected chi connectivity index (χ0v) is 11.6. The van der Waals surface area contributed by atoms with Gasteiger partial charge in [0.25, 0.3) is 0 Å². The number of carboxylic acids is 1. The van der Waals surface area contributed by atoms with Crippen LogP contribution in [0.3, 0.4) is 0 Å². The van der Waals surface area contributed by atoms with Gasteiger partial charge in [0.2, 0.25) is 5.91 Å². The number of amides is 1. The fourth-order valence-corrected chi connectivity index (χ4v) is 1.58. The lowest BCUT2D eigenvalue weighted by atomic mass is 9.96. The van der Waals surface area contributed by atoms with Gasteiger partial charge in [-0.25, -0.2) is 0 Å². The van der Waals surface area contributed by atoms with E-state index in [-0.39, 0.29) is 18.9 Å². The molecule has 0 aliphatic rings. The second-order valence-corrected chi connectivity index (χ2v) is 4.95. The Morgan fingerprint density at radius 3 is 2.25 bits per heavy atom. The first-order valence-electron chi connectivity index (χ1n) is 6.38. The number of alkyl halides is 3. The van der Waals surface area contributed by atoms with Crippen molar-refractivity contribution in [3.8, 4) is 0 Å². The van der Waals surface area contributed by atoms with Crippen molar-refractivity contribution in [1.82, 2.24) is 5.32 Å². The number of carbonyl (C=O) groups excluding carboxylic acids is 1. The molecule has 0 radical (unpaired) electrons. The Kier molecular flexibility index (Phi) is 6.98. The summed E-state index contributed by atoms with van der Waals surface area (Å²) < 4.78 is 37.5. The molecule has 4 N–H and O–H groups in total. The van der Waals surface area contributed by atoms with E-state index < -0.39 is 23.6 Å². The lowest BCUT2D eigenvalue weighted by Crippen LogP contribution is -2.61. The Morgan fingerprint density at radius 1 is 1.30 bits per heavy atom. The molecule has 0 bridgehead atoms. The van der Waals surface area contributed by atoms with Crippen LogP contribution in [0, 0.1) is 5.92 Å². The standard InChI is InChI=1S/C12H21F3N2O3/c1-3-8(4-5-9(18)19)6-7-17-10(20)11(2,16)12(13,14)15/h8H,3-7,16H2,1-2H3,(H,17,20)(H,18,19). The van der Waals surface area contributed by atoms with Crippen LogP contribution in [0.2, 0.25) is 0 Å². The highest BCUT2D eigenvalue weighted by molar-refractivity contribution is 5.86. The van der Waals surface area contributed by atoms with E-state index in [2.05, 4.69) is 5.32 Å². The highest BCUT2D eigenvalue weighted by Gasteiger charge is 2.53. The van der Waals surface area contributed by atoms with E-state index >= 15 is 0 Å². The second-order valence-electron chi connectivity index (χ2n) is 4.95. The second kappa shape index (κ2) is 7.47. The van der Waals surface area contributed by atoms with Gasteiger partial charge in [-0.2, -0.15) is 13.2 Å². The summed E-state index contributed by atoms with van der Waals surface area (Å²) >= 11 is 0. The monoisotopic (exact) mass is 298 g/mol. The third-order valence-corrected chi connectivity index (χ3v) is 3.24. The van der Waals surface area contributed by atoms with Gasteiger partial charge < -0.3 is 16.2 Å². The summed E-state index contributed by atoms with van der Waals surface area (Å²) in [6, 6.07) is 0. The highest BCUT2D eigenvalue weighted by Crippen LogP contribution is 2.28. The normalized spacial score (nSPS) is 16.3. The van der Waals surface area contributed by atoms with E-state index in [1.165, 1.54) is 0 Å². The van der Waals surface area contributed by atoms with Crippen LogP contribution in [0.1, 0.15) is 39.5 Å². The lowest BCUT2D eigenvalue weighted by molar-refractivity contribution is -0.187. The maximum atomic E-state index is 12.5. The van der Waals surface area contributed by atoms with Crippen LogP contribution in [-0.4, -0.2) is 35.2 Å². The van der Waals surface area contributed by atoms with Crippen molar-refractivity contribution in [3.05, 3.63) is 0 Å². The third kappa shape index (κ3) is 5.77. The van der Waals surface area contributed by atoms with Gasteiger partial charge in [-0.05, 0) is 25.7 Å². The predicted octanol–water partition coefficient (Wildman–Crippen LogP) is 1.66. The lowest BCUT2D eigenvalue weighted by Gasteiger charge is -2.26. The quantitative estimate of drug-likeness (QED) is 0.635. The topological polar surface area (TPSA) is 92.4 Å². The van der Waals surface area contributed by atoms with Gasteiger partial charge in [-0.3, -0.25) is 9.59 Å². The Hall–Kier alpha value is -1.31. The number of aliphatic carboxylic acids is 1. The molecule has 2 atom stereocenters. The Labute approximate surface area is 115 Å². The van der Waals surface area contributed by atoms with Gasteiger partial charge in [0.15, 0.2) is 5.54 Å². The molecule has 0 saturated carbocycles. The zero-order chi connectivity index (χ0) is 16.0. The molecule has 2 unspecified atom stereocenters. The number of nitrogens with one attached hydrogen (secondary N) is 1. The molecule has 0 aromatic rings. The molecule has 0 heterocycles. The minimum atomic E-state index is -4.81. The molecule has 8 heteroatoms. The van der Waals surface area contributed by atoms with Gasteiger partial charge in [0, 0.05) is 13.0 Å². The fraction of sp³-hybridized carbons (Fsp3) is 0.833. The molecule has 0 aromatic heterocycles. The molecule has 0 aromatic carbocycles. The Bertz CT molecular complexity index is 343. The molecule has 0 saturated heterocycles. The molecule has 5 nitrogen and oxygen atoms in total. The Morgan fingerprint density at radius 2 is 1.85 bits per heavy atom. The van der Waals surface area contributed by atoms with E-state index in [1.807, 2.05) is 6.92 Å². The van der Waals surface area contributed by atoms with Crippen molar-refractivity contribution in [2.45, 2.75) is 51.2 Å². The summed E-state index contributed by atoms with van der Waals surface area (Å²) in [7, 11) is 0. The molecule has 0 rings (SSSR count). The van der Waals surface area contributed by atoms with Gasteiger partial charge >= 0.3 is 12.1 Å². The first kappa shape index (κ1) is 18.7. The number of hydrogen-bond donors (Lipinski definition) is 3. The number of nitrogens with two attached hydrogens (primary N) is 1. The maximum absolute atomic E-state index is 12.5. The SMILES string of the molecule is CCC(CCNC(=O)C(C)(N)C(F)(F)F)CCC(=O)O. The van der Waals surface area contributed by atoms with E-state index in [0.717, 1.165) is 0 Å². The summed E-state index contributed by atoms with van der Waals surface area (Å²) in [6.45, 7) is 2.51.